The molecule has 1 unspecified atom stereocenters. The summed E-state index contributed by atoms with van der Waals surface area (Å²) in [6, 6.07) is 0. The molecule has 4 N–H and O–H groups in total. The third-order valence-electron chi connectivity index (χ3n) is 3.54. The van der Waals surface area contributed by atoms with Crippen LogP contribution in [0.25, 0.3) is 11.2 Å². The van der Waals surface area contributed by atoms with Crippen LogP contribution in [0.5, 0.6) is 0 Å². The van der Waals surface area contributed by atoms with Gasteiger partial charge in [-0.3, -0.25) is 4.57 Å². The van der Waals surface area contributed by atoms with E-state index in [2.05, 4.69) is 37.5 Å². The fraction of sp³-hybridized carbons (Fsp3) is 0.545. The highest BCUT2D eigenvalue weighted by Gasteiger charge is 2.51. The highest BCUT2D eigenvalue weighted by atomic mass is 127. The van der Waals surface area contributed by atoms with E-state index in [1.165, 1.54) is 12.7 Å². The average molecular weight is 391 g/mol. The minimum atomic E-state index is -0.820. The topological polar surface area (TPSA) is 119 Å². The number of nitrogen functional groups attached to an aromatic ring is 1. The summed E-state index contributed by atoms with van der Waals surface area (Å²) in [6.45, 7) is 1.58. The van der Waals surface area contributed by atoms with Gasteiger partial charge in [0, 0.05) is 0 Å². The van der Waals surface area contributed by atoms with Crippen molar-refractivity contribution in [1.29, 1.82) is 0 Å². The summed E-state index contributed by atoms with van der Waals surface area (Å²) in [5, 5.41) is 19.8. The van der Waals surface area contributed by atoms with Crippen LogP contribution in [-0.4, -0.2) is 52.0 Å². The molecule has 0 aliphatic carbocycles. The number of nitrogens with zero attached hydrogens (tertiary/aromatic N) is 4. The van der Waals surface area contributed by atoms with Crippen LogP contribution < -0.4 is 5.73 Å². The first-order valence-corrected chi connectivity index (χ1v) is 7.26. The van der Waals surface area contributed by atoms with E-state index < -0.39 is 17.9 Å². The number of aromatic nitrogens is 4. The summed E-state index contributed by atoms with van der Waals surface area (Å²) in [6.07, 6.45) is 1.38. The summed E-state index contributed by atoms with van der Waals surface area (Å²) in [5.41, 5.74) is 5.87. The molecule has 0 aromatic carbocycles. The van der Waals surface area contributed by atoms with E-state index in [4.69, 9.17) is 10.5 Å². The van der Waals surface area contributed by atoms with Gasteiger partial charge < -0.3 is 20.7 Å². The zero-order valence-corrected chi connectivity index (χ0v) is 12.8. The van der Waals surface area contributed by atoms with Crippen LogP contribution in [0.15, 0.2) is 12.7 Å². The van der Waals surface area contributed by atoms with Gasteiger partial charge in [-0.25, -0.2) is 15.0 Å². The van der Waals surface area contributed by atoms with Gasteiger partial charge in [-0.15, -0.1) is 0 Å². The first-order chi connectivity index (χ1) is 9.48. The molecule has 20 heavy (non-hydrogen) atoms. The number of nitrogens with two attached hydrogens (primary N) is 1. The van der Waals surface area contributed by atoms with Crippen molar-refractivity contribution in [3.05, 3.63) is 12.7 Å². The molecule has 108 valence electrons. The van der Waals surface area contributed by atoms with E-state index in [0.717, 1.165) is 0 Å². The molecule has 0 radical (unpaired) electrons. The van der Waals surface area contributed by atoms with Crippen molar-refractivity contribution in [2.24, 2.45) is 0 Å². The monoisotopic (exact) mass is 391 g/mol. The number of imidazole rings is 1. The number of aliphatic hydroxyl groups excluding tert-OH is 2. The molecule has 0 saturated carbocycles. The molecule has 0 bridgehead atoms. The van der Waals surface area contributed by atoms with Crippen LogP contribution in [0, 0.1) is 0 Å². The van der Waals surface area contributed by atoms with Crippen molar-refractivity contribution in [1.82, 2.24) is 19.5 Å². The van der Waals surface area contributed by atoms with Crippen molar-refractivity contribution in [3.63, 3.8) is 0 Å². The molecule has 1 saturated heterocycles. The predicted molar refractivity (Wildman–Crippen MR) is 79.2 cm³/mol. The minimum Gasteiger partial charge on any atom is -0.393 e. The Bertz CT molecular complexity index is 650. The van der Waals surface area contributed by atoms with Crippen LogP contribution in [0.1, 0.15) is 13.2 Å². The lowest BCUT2D eigenvalue weighted by Gasteiger charge is -2.24. The molecular weight excluding hydrogens is 377 g/mol. The zero-order chi connectivity index (χ0) is 14.5. The molecule has 1 aliphatic heterocycles. The molecule has 2 aromatic rings. The highest BCUT2D eigenvalue weighted by molar-refractivity contribution is 14.1. The number of ether oxygens (including phenoxy) is 1. The number of aliphatic hydroxyl groups is 2. The normalized spacial score (nSPS) is 33.9. The maximum Gasteiger partial charge on any atom is 0.167 e. The van der Waals surface area contributed by atoms with Crippen molar-refractivity contribution >= 4 is 39.6 Å². The quantitative estimate of drug-likeness (QED) is 0.481. The second-order valence-electron chi connectivity index (χ2n) is 4.95. The van der Waals surface area contributed by atoms with Gasteiger partial charge in [0.25, 0.3) is 0 Å². The Balaban J connectivity index is 2.06. The van der Waals surface area contributed by atoms with E-state index in [9.17, 15) is 10.2 Å². The third kappa shape index (κ3) is 1.88. The molecule has 0 spiro atoms. The zero-order valence-electron chi connectivity index (χ0n) is 10.6. The second-order valence-corrected chi connectivity index (χ2v) is 6.30. The number of hydrogen-bond donors (Lipinski definition) is 3. The maximum absolute atomic E-state index is 10.4. The van der Waals surface area contributed by atoms with Gasteiger partial charge in [-0.2, -0.15) is 0 Å². The Kier molecular flexibility index (Phi) is 3.31. The first kappa shape index (κ1) is 13.9. The Morgan fingerprint density at radius 2 is 2.25 bits per heavy atom. The molecule has 3 rings (SSSR count). The molecular formula is C11H14IN5O3. The fourth-order valence-corrected chi connectivity index (χ4v) is 3.02. The molecule has 9 heteroatoms. The largest absolute Gasteiger partial charge is 0.393 e. The van der Waals surface area contributed by atoms with Gasteiger partial charge in [0.15, 0.2) is 17.7 Å². The maximum atomic E-state index is 10.4. The Morgan fingerprint density at radius 3 is 2.90 bits per heavy atom. The third-order valence-corrected chi connectivity index (χ3v) is 5.59. The summed E-state index contributed by atoms with van der Waals surface area (Å²) in [5.74, 6) is 0.275. The highest BCUT2D eigenvalue weighted by Crippen LogP contribution is 2.42. The van der Waals surface area contributed by atoms with E-state index in [-0.39, 0.29) is 16.3 Å². The summed E-state index contributed by atoms with van der Waals surface area (Å²) >= 11 is 2.08. The molecule has 8 nitrogen and oxygen atoms in total. The minimum absolute atomic E-state index is 0.183. The Morgan fingerprint density at radius 1 is 1.50 bits per heavy atom. The molecule has 1 aliphatic rings. The second kappa shape index (κ2) is 4.76. The fourth-order valence-electron chi connectivity index (χ4n) is 2.32. The van der Waals surface area contributed by atoms with Crippen LogP contribution in [0.3, 0.4) is 0 Å². The lowest BCUT2D eigenvalue weighted by atomic mass is 10.0. The Hall–Kier alpha value is -1.04. The number of anilines is 1. The van der Waals surface area contributed by atoms with Crippen LogP contribution in [0.2, 0.25) is 0 Å². The number of halogens is 1. The van der Waals surface area contributed by atoms with E-state index in [0.29, 0.717) is 11.2 Å². The van der Waals surface area contributed by atoms with Crippen molar-refractivity contribution in [3.8, 4) is 0 Å². The Labute approximate surface area is 128 Å². The van der Waals surface area contributed by atoms with Crippen LogP contribution in [0.4, 0.5) is 5.82 Å². The smallest absolute Gasteiger partial charge is 0.167 e. The summed E-state index contributed by atoms with van der Waals surface area (Å²) in [7, 11) is 0. The number of fused-ring (bicyclic) bond motifs is 1. The van der Waals surface area contributed by atoms with Gasteiger partial charge >= 0.3 is 0 Å². The standard InChI is InChI=1S/C11H14IN5O3/c1-11(2-18)7(12)6(19)10(20-11)17-4-16-5-8(13)14-3-15-9(5)17/h3-4,6-7,10,18-19H,2H2,1H3,(H2,13,14,15)/t6-,7?,10+,11+/m0/s1. The molecule has 4 atom stereocenters. The first-order valence-electron chi connectivity index (χ1n) is 6.02. The number of rotatable bonds is 2. The lowest BCUT2D eigenvalue weighted by Crippen LogP contribution is -2.39. The van der Waals surface area contributed by atoms with Crippen molar-refractivity contribution < 1.29 is 14.9 Å². The SMILES string of the molecule is C[C@]1(CO)O[C@@H](n2cnc3c(N)ncnc32)[C@@H](O)C1I. The van der Waals surface area contributed by atoms with Gasteiger partial charge in [0.1, 0.15) is 23.5 Å². The average Bonchev–Trinajstić information content (AvgIpc) is 2.96. The van der Waals surface area contributed by atoms with Gasteiger partial charge in [0.05, 0.1) is 16.9 Å². The predicted octanol–water partition coefficient (Wildman–Crippen LogP) is -0.147. The van der Waals surface area contributed by atoms with Crippen molar-refractivity contribution in [2.75, 3.05) is 12.3 Å². The van der Waals surface area contributed by atoms with Gasteiger partial charge in [-0.05, 0) is 6.92 Å². The molecule has 2 aromatic heterocycles. The number of alkyl halides is 1. The lowest BCUT2D eigenvalue weighted by molar-refractivity contribution is -0.0969. The molecule has 3 heterocycles. The van der Waals surface area contributed by atoms with Crippen LogP contribution >= 0.6 is 22.6 Å². The summed E-state index contributed by atoms with van der Waals surface area (Å²) in [4.78, 5) is 12.2. The van der Waals surface area contributed by atoms with Crippen molar-refractivity contribution in [2.45, 2.75) is 28.8 Å². The van der Waals surface area contributed by atoms with E-state index in [1.54, 1.807) is 11.5 Å². The molecule has 1 fully saturated rings. The number of hydrogen-bond acceptors (Lipinski definition) is 7. The van der Waals surface area contributed by atoms with E-state index in [1.807, 2.05) is 0 Å². The molecule has 0 amide bonds. The van der Waals surface area contributed by atoms with Gasteiger partial charge in [-0.1, -0.05) is 22.6 Å². The van der Waals surface area contributed by atoms with E-state index >= 15 is 0 Å². The van der Waals surface area contributed by atoms with Gasteiger partial charge in [0.2, 0.25) is 0 Å². The summed E-state index contributed by atoms with van der Waals surface area (Å²) < 4.78 is 7.19. The van der Waals surface area contributed by atoms with Crippen LogP contribution in [-0.2, 0) is 4.74 Å².